The molecule has 0 bridgehead atoms. The number of aromatic nitrogens is 2. The number of unbranched alkanes of at least 4 members (excludes halogenated alkanes) is 1. The molecule has 0 saturated heterocycles. The lowest BCUT2D eigenvalue weighted by atomic mass is 9.85. The Balaban J connectivity index is 2.05. The molecule has 0 spiro atoms. The van der Waals surface area contributed by atoms with E-state index in [2.05, 4.69) is 10.6 Å². The fraction of sp³-hybridized carbons (Fsp3) is 0.467. The van der Waals surface area contributed by atoms with E-state index in [4.69, 9.17) is 33.4 Å². The van der Waals surface area contributed by atoms with Crippen LogP contribution in [0, 0.1) is 11.3 Å². The Labute approximate surface area is 128 Å². The van der Waals surface area contributed by atoms with Crippen LogP contribution in [0.2, 0.25) is 10.0 Å². The highest BCUT2D eigenvalue weighted by Gasteiger charge is 2.26. The van der Waals surface area contributed by atoms with Gasteiger partial charge in [0.25, 0.3) is 0 Å². The van der Waals surface area contributed by atoms with Crippen LogP contribution in [-0.2, 0) is 6.54 Å². The van der Waals surface area contributed by atoms with Gasteiger partial charge in [-0.05, 0) is 31.4 Å². The molecule has 20 heavy (non-hydrogen) atoms. The summed E-state index contributed by atoms with van der Waals surface area (Å²) in [5.74, 6) is 1.67. The second-order valence-corrected chi connectivity index (χ2v) is 6.08. The van der Waals surface area contributed by atoms with E-state index in [0.717, 1.165) is 29.8 Å². The van der Waals surface area contributed by atoms with E-state index in [9.17, 15) is 0 Å². The number of hydrogen-bond donors (Lipinski definition) is 0. The summed E-state index contributed by atoms with van der Waals surface area (Å²) in [6.45, 7) is 0.813. The average molecular weight is 308 g/mol. The van der Waals surface area contributed by atoms with E-state index in [1.807, 2.05) is 12.1 Å². The molecular weight excluding hydrogens is 293 g/mol. The van der Waals surface area contributed by atoms with Crippen LogP contribution in [0.15, 0.2) is 12.1 Å². The Morgan fingerprint density at radius 3 is 2.70 bits per heavy atom. The van der Waals surface area contributed by atoms with Gasteiger partial charge in [0.1, 0.15) is 5.82 Å². The first kappa shape index (κ1) is 13.7. The minimum Gasteiger partial charge on any atom is -0.328 e. The molecule has 0 amide bonds. The van der Waals surface area contributed by atoms with Gasteiger partial charge in [0.15, 0.2) is 0 Å². The molecule has 0 radical (unpaired) electrons. The number of benzene rings is 1. The normalized spacial score (nSPS) is 15.2. The van der Waals surface area contributed by atoms with Crippen molar-refractivity contribution >= 4 is 34.2 Å². The molecule has 0 unspecified atom stereocenters. The third-order valence-corrected chi connectivity index (χ3v) is 4.68. The van der Waals surface area contributed by atoms with Crippen LogP contribution in [0.5, 0.6) is 0 Å². The topological polar surface area (TPSA) is 41.6 Å². The summed E-state index contributed by atoms with van der Waals surface area (Å²) in [6.07, 6.45) is 5.06. The standard InChI is InChI=1S/C15H15Cl2N3/c16-11-8-13-14(9-12(11)17)20(7-2-1-6-18)15(19-13)10-4-3-5-10/h8-10H,1-5,7H2. The van der Waals surface area contributed by atoms with Crippen molar-refractivity contribution in [2.24, 2.45) is 0 Å². The van der Waals surface area contributed by atoms with Gasteiger partial charge in [-0.1, -0.05) is 29.6 Å². The first-order valence-corrected chi connectivity index (χ1v) is 7.68. The van der Waals surface area contributed by atoms with Gasteiger partial charge in [0, 0.05) is 18.9 Å². The largest absolute Gasteiger partial charge is 0.328 e. The Morgan fingerprint density at radius 2 is 2.05 bits per heavy atom. The summed E-state index contributed by atoms with van der Waals surface area (Å²) < 4.78 is 2.22. The second-order valence-electron chi connectivity index (χ2n) is 5.27. The number of aryl methyl sites for hydroxylation is 1. The molecule has 2 aromatic rings. The van der Waals surface area contributed by atoms with Gasteiger partial charge >= 0.3 is 0 Å². The number of imidazole rings is 1. The fourth-order valence-electron chi connectivity index (χ4n) is 2.67. The van der Waals surface area contributed by atoms with E-state index in [0.29, 0.717) is 22.4 Å². The van der Waals surface area contributed by atoms with E-state index in [-0.39, 0.29) is 0 Å². The van der Waals surface area contributed by atoms with E-state index >= 15 is 0 Å². The predicted molar refractivity (Wildman–Crippen MR) is 81.2 cm³/mol. The molecule has 1 aromatic carbocycles. The zero-order valence-electron chi connectivity index (χ0n) is 11.1. The van der Waals surface area contributed by atoms with E-state index < -0.39 is 0 Å². The Hall–Kier alpha value is -1.24. The van der Waals surface area contributed by atoms with Gasteiger partial charge in [-0.25, -0.2) is 4.98 Å². The third-order valence-electron chi connectivity index (χ3n) is 3.96. The molecule has 3 rings (SSSR count). The van der Waals surface area contributed by atoms with Crippen molar-refractivity contribution in [1.82, 2.24) is 9.55 Å². The molecule has 0 atom stereocenters. The number of halogens is 2. The highest BCUT2D eigenvalue weighted by Crippen LogP contribution is 2.38. The summed E-state index contributed by atoms with van der Waals surface area (Å²) in [5, 5.41) is 9.81. The van der Waals surface area contributed by atoms with Crippen molar-refractivity contribution in [2.45, 2.75) is 44.6 Å². The van der Waals surface area contributed by atoms with Crippen molar-refractivity contribution in [3.63, 3.8) is 0 Å². The summed E-state index contributed by atoms with van der Waals surface area (Å²) in [7, 11) is 0. The maximum Gasteiger partial charge on any atom is 0.112 e. The van der Waals surface area contributed by atoms with Crippen LogP contribution in [0.1, 0.15) is 43.8 Å². The lowest BCUT2D eigenvalue weighted by Crippen LogP contribution is -2.15. The maximum atomic E-state index is 8.71. The quantitative estimate of drug-likeness (QED) is 0.753. The molecule has 0 N–H and O–H groups in total. The Bertz CT molecular complexity index is 680. The van der Waals surface area contributed by atoms with Gasteiger partial charge in [0.05, 0.1) is 27.1 Å². The van der Waals surface area contributed by atoms with Gasteiger partial charge in [-0.3, -0.25) is 0 Å². The first-order valence-electron chi connectivity index (χ1n) is 6.93. The Kier molecular flexibility index (Phi) is 3.87. The average Bonchev–Trinajstić information content (AvgIpc) is 2.67. The SMILES string of the molecule is N#CCCCn1c(C2CCC2)nc2cc(Cl)c(Cl)cc21. The van der Waals surface area contributed by atoms with Crippen LogP contribution < -0.4 is 0 Å². The third kappa shape index (κ3) is 2.39. The van der Waals surface area contributed by atoms with Gasteiger partial charge in [-0.15, -0.1) is 0 Å². The van der Waals surface area contributed by atoms with Crippen molar-refractivity contribution in [3.05, 3.63) is 28.0 Å². The van der Waals surface area contributed by atoms with Gasteiger partial charge in [0.2, 0.25) is 0 Å². The van der Waals surface area contributed by atoms with Crippen molar-refractivity contribution in [3.8, 4) is 6.07 Å². The number of hydrogen-bond acceptors (Lipinski definition) is 2. The van der Waals surface area contributed by atoms with Crippen molar-refractivity contribution in [2.75, 3.05) is 0 Å². The molecule has 1 aliphatic carbocycles. The molecule has 1 heterocycles. The summed E-state index contributed by atoms with van der Waals surface area (Å²) >= 11 is 12.2. The van der Waals surface area contributed by atoms with Crippen molar-refractivity contribution in [1.29, 1.82) is 5.26 Å². The molecular formula is C15H15Cl2N3. The predicted octanol–water partition coefficient (Wildman–Crippen LogP) is 4.91. The zero-order valence-corrected chi connectivity index (χ0v) is 12.6. The summed E-state index contributed by atoms with van der Waals surface area (Å²) in [6, 6.07) is 5.92. The highest BCUT2D eigenvalue weighted by atomic mass is 35.5. The number of nitriles is 1. The lowest BCUT2D eigenvalue weighted by Gasteiger charge is -2.25. The van der Waals surface area contributed by atoms with Crippen LogP contribution in [0.3, 0.4) is 0 Å². The summed E-state index contributed by atoms with van der Waals surface area (Å²) in [4.78, 5) is 4.75. The zero-order chi connectivity index (χ0) is 14.1. The number of nitrogens with zero attached hydrogens (tertiary/aromatic N) is 3. The van der Waals surface area contributed by atoms with Crippen LogP contribution >= 0.6 is 23.2 Å². The number of fused-ring (bicyclic) bond motifs is 1. The van der Waals surface area contributed by atoms with Gasteiger partial charge < -0.3 is 4.57 Å². The minimum atomic E-state index is 0.543. The first-order chi connectivity index (χ1) is 9.70. The van der Waals surface area contributed by atoms with Crippen LogP contribution in [0.25, 0.3) is 11.0 Å². The molecule has 104 valence electrons. The molecule has 1 aromatic heterocycles. The Morgan fingerprint density at radius 1 is 1.30 bits per heavy atom. The number of rotatable bonds is 4. The maximum absolute atomic E-state index is 8.71. The van der Waals surface area contributed by atoms with Crippen LogP contribution in [0.4, 0.5) is 0 Å². The molecule has 1 fully saturated rings. The van der Waals surface area contributed by atoms with Crippen LogP contribution in [-0.4, -0.2) is 9.55 Å². The second kappa shape index (κ2) is 5.63. The van der Waals surface area contributed by atoms with Crippen molar-refractivity contribution < 1.29 is 0 Å². The minimum absolute atomic E-state index is 0.543. The fourth-order valence-corrected chi connectivity index (χ4v) is 2.98. The monoisotopic (exact) mass is 307 g/mol. The lowest BCUT2D eigenvalue weighted by molar-refractivity contribution is 0.387. The molecule has 3 nitrogen and oxygen atoms in total. The molecule has 1 saturated carbocycles. The molecule has 1 aliphatic rings. The molecule has 0 aliphatic heterocycles. The van der Waals surface area contributed by atoms with E-state index in [1.165, 1.54) is 19.3 Å². The van der Waals surface area contributed by atoms with E-state index in [1.54, 1.807) is 0 Å². The highest BCUT2D eigenvalue weighted by molar-refractivity contribution is 6.42. The van der Waals surface area contributed by atoms with Gasteiger partial charge in [-0.2, -0.15) is 5.26 Å². The molecule has 5 heteroatoms. The summed E-state index contributed by atoms with van der Waals surface area (Å²) in [5.41, 5.74) is 1.93. The smallest absolute Gasteiger partial charge is 0.112 e.